The van der Waals surface area contributed by atoms with Crippen molar-refractivity contribution in [3.8, 4) is 0 Å². The van der Waals surface area contributed by atoms with Gasteiger partial charge >= 0.3 is 0 Å². The van der Waals surface area contributed by atoms with Gasteiger partial charge in [-0.25, -0.2) is 0 Å². The normalized spacial score (nSPS) is 19.7. The number of allylic oxidation sites excluding steroid dienone is 4. The fourth-order valence-electron chi connectivity index (χ4n) is 6.40. The number of hydrogen-bond donors (Lipinski definition) is 0. The van der Waals surface area contributed by atoms with E-state index in [0.717, 1.165) is 6.42 Å². The topological polar surface area (TPSA) is 0 Å². The van der Waals surface area contributed by atoms with Crippen LogP contribution in [-0.2, 0) is 5.41 Å². The number of fused-ring (bicyclic) bond motifs is 2. The molecule has 0 amide bonds. The summed E-state index contributed by atoms with van der Waals surface area (Å²) in [5, 5.41) is 5.36. The first kappa shape index (κ1) is 22.7. The zero-order chi connectivity index (χ0) is 23.9. The fourth-order valence-corrected chi connectivity index (χ4v) is 6.40. The molecule has 0 saturated carbocycles. The van der Waals surface area contributed by atoms with Gasteiger partial charge in [0.25, 0.3) is 0 Å². The van der Waals surface area contributed by atoms with Crippen LogP contribution in [0.2, 0.25) is 0 Å². The number of hydrogen-bond acceptors (Lipinski definition) is 0. The second kappa shape index (κ2) is 8.91. The second-order valence-corrected chi connectivity index (χ2v) is 10.3. The van der Waals surface area contributed by atoms with Crippen molar-refractivity contribution in [1.82, 2.24) is 0 Å². The van der Waals surface area contributed by atoms with E-state index in [1.165, 1.54) is 38.2 Å². The molecule has 4 aromatic rings. The van der Waals surface area contributed by atoms with Gasteiger partial charge in [0.05, 0.1) is 0 Å². The summed E-state index contributed by atoms with van der Waals surface area (Å²) in [6, 6.07) is 31.7. The quantitative estimate of drug-likeness (QED) is 0.269. The van der Waals surface area contributed by atoms with E-state index in [4.69, 9.17) is 0 Å². The lowest BCUT2D eigenvalue weighted by Gasteiger charge is -2.47. The Kier molecular flexibility index (Phi) is 5.94. The molecular weight excluding hydrogens is 408 g/mol. The number of benzene rings is 4. The van der Waals surface area contributed by atoms with Crippen molar-refractivity contribution in [3.05, 3.63) is 119 Å². The van der Waals surface area contributed by atoms with Gasteiger partial charge in [-0.15, -0.1) is 0 Å². The van der Waals surface area contributed by atoms with Gasteiger partial charge in [-0.2, -0.15) is 0 Å². The summed E-state index contributed by atoms with van der Waals surface area (Å²) in [7, 11) is 0. The molecule has 172 valence electrons. The molecule has 0 heterocycles. The molecule has 5 rings (SSSR count). The van der Waals surface area contributed by atoms with E-state index in [2.05, 4.69) is 132 Å². The Labute approximate surface area is 205 Å². The molecule has 34 heavy (non-hydrogen) atoms. The summed E-state index contributed by atoms with van der Waals surface area (Å²) < 4.78 is 0. The Bertz CT molecular complexity index is 1310. The monoisotopic (exact) mass is 444 g/mol. The van der Waals surface area contributed by atoms with Crippen molar-refractivity contribution in [2.45, 2.75) is 46.5 Å². The molecule has 0 aliphatic heterocycles. The van der Waals surface area contributed by atoms with Crippen LogP contribution < -0.4 is 0 Å². The van der Waals surface area contributed by atoms with Gasteiger partial charge < -0.3 is 0 Å². The predicted molar refractivity (Wildman–Crippen MR) is 148 cm³/mol. The van der Waals surface area contributed by atoms with Crippen molar-refractivity contribution in [1.29, 1.82) is 0 Å². The SMILES string of the molecule is CCC(C)C(C1=CC(C)C(C)=CC1C)(c1cccc2ccccc12)c1cccc2ccccc12. The highest BCUT2D eigenvalue weighted by atomic mass is 14.5. The third-order valence-corrected chi connectivity index (χ3v) is 8.39. The van der Waals surface area contributed by atoms with Gasteiger partial charge in [-0.1, -0.05) is 142 Å². The standard InChI is InChI=1S/C34H36/c1-6-26(5)34(33-22-24(3)23(2)21-25(33)4,31-19-11-15-27-13-7-9-17-29(27)31)32-20-12-16-28-14-8-10-18-30(28)32/h7-22,24-26H,6H2,1-5H3. The molecule has 0 spiro atoms. The molecule has 0 heteroatoms. The molecule has 0 radical (unpaired) electrons. The van der Waals surface area contributed by atoms with Crippen molar-refractivity contribution in [3.63, 3.8) is 0 Å². The van der Waals surface area contributed by atoms with E-state index in [1.807, 2.05) is 0 Å². The number of rotatable bonds is 5. The van der Waals surface area contributed by atoms with E-state index in [0.29, 0.717) is 17.8 Å². The smallest absolute Gasteiger partial charge is 0.0454 e. The lowest BCUT2D eigenvalue weighted by atomic mass is 9.56. The molecule has 0 N–H and O–H groups in total. The fraction of sp³-hybridized carbons (Fsp3) is 0.294. The molecule has 0 saturated heterocycles. The first-order chi connectivity index (χ1) is 16.5. The van der Waals surface area contributed by atoms with Gasteiger partial charge in [0.1, 0.15) is 0 Å². The van der Waals surface area contributed by atoms with Crippen LogP contribution in [0.1, 0.15) is 52.2 Å². The van der Waals surface area contributed by atoms with Crippen LogP contribution in [0.4, 0.5) is 0 Å². The maximum atomic E-state index is 2.59. The second-order valence-electron chi connectivity index (χ2n) is 10.3. The highest BCUT2D eigenvalue weighted by molar-refractivity contribution is 5.92. The van der Waals surface area contributed by atoms with Crippen LogP contribution in [0.15, 0.2) is 108 Å². The van der Waals surface area contributed by atoms with Crippen LogP contribution in [-0.4, -0.2) is 0 Å². The molecule has 1 aliphatic carbocycles. The minimum absolute atomic E-state index is 0.221. The largest absolute Gasteiger partial charge is 0.0781 e. The first-order valence-electron chi connectivity index (χ1n) is 12.9. The highest BCUT2D eigenvalue weighted by Gasteiger charge is 2.46. The minimum atomic E-state index is -0.221. The summed E-state index contributed by atoms with van der Waals surface area (Å²) in [4.78, 5) is 0. The molecule has 0 nitrogen and oxygen atoms in total. The molecule has 4 aromatic carbocycles. The molecule has 3 unspecified atom stereocenters. The molecule has 1 aliphatic rings. The summed E-state index contributed by atoms with van der Waals surface area (Å²) in [5.41, 5.74) is 5.68. The van der Waals surface area contributed by atoms with Crippen LogP contribution in [0, 0.1) is 17.8 Å². The summed E-state index contributed by atoms with van der Waals surface area (Å²) >= 11 is 0. The zero-order valence-electron chi connectivity index (χ0n) is 21.2. The third-order valence-electron chi connectivity index (χ3n) is 8.39. The van der Waals surface area contributed by atoms with Gasteiger partial charge in [0.2, 0.25) is 0 Å². The van der Waals surface area contributed by atoms with Crippen LogP contribution in [0.3, 0.4) is 0 Å². The van der Waals surface area contributed by atoms with Crippen molar-refractivity contribution >= 4 is 21.5 Å². The molecule has 3 atom stereocenters. The van der Waals surface area contributed by atoms with Crippen LogP contribution in [0.5, 0.6) is 0 Å². The Morgan fingerprint density at radius 3 is 1.71 bits per heavy atom. The molecule has 0 bridgehead atoms. The van der Waals surface area contributed by atoms with Crippen LogP contribution in [0.25, 0.3) is 21.5 Å². The maximum Gasteiger partial charge on any atom is 0.0454 e. The van der Waals surface area contributed by atoms with Gasteiger partial charge in [-0.3, -0.25) is 0 Å². The maximum absolute atomic E-state index is 2.59. The molecular formula is C34H36. The van der Waals surface area contributed by atoms with E-state index < -0.39 is 0 Å². The highest BCUT2D eigenvalue weighted by Crippen LogP contribution is 2.54. The third kappa shape index (κ3) is 3.43. The van der Waals surface area contributed by atoms with Gasteiger partial charge in [0.15, 0.2) is 0 Å². The van der Waals surface area contributed by atoms with Gasteiger partial charge in [-0.05, 0) is 57.3 Å². The summed E-state index contributed by atoms with van der Waals surface area (Å²) in [6.45, 7) is 11.9. The van der Waals surface area contributed by atoms with E-state index in [-0.39, 0.29) is 5.41 Å². The zero-order valence-corrected chi connectivity index (χ0v) is 21.2. The van der Waals surface area contributed by atoms with Crippen molar-refractivity contribution in [2.75, 3.05) is 0 Å². The first-order valence-corrected chi connectivity index (χ1v) is 12.9. The minimum Gasteiger partial charge on any atom is -0.0781 e. The average molecular weight is 445 g/mol. The lowest BCUT2D eigenvalue weighted by Crippen LogP contribution is -2.40. The summed E-state index contributed by atoms with van der Waals surface area (Å²) in [6.07, 6.45) is 6.21. The van der Waals surface area contributed by atoms with E-state index in [1.54, 1.807) is 5.57 Å². The van der Waals surface area contributed by atoms with E-state index in [9.17, 15) is 0 Å². The van der Waals surface area contributed by atoms with Crippen molar-refractivity contribution in [2.24, 2.45) is 17.8 Å². The van der Waals surface area contributed by atoms with Crippen molar-refractivity contribution < 1.29 is 0 Å². The Hall–Kier alpha value is -3.12. The Morgan fingerprint density at radius 2 is 1.18 bits per heavy atom. The molecule has 0 aromatic heterocycles. The Morgan fingerprint density at radius 1 is 0.676 bits per heavy atom. The average Bonchev–Trinajstić information content (AvgIpc) is 2.87. The Balaban J connectivity index is 1.98. The van der Waals surface area contributed by atoms with E-state index >= 15 is 0 Å². The van der Waals surface area contributed by atoms with Crippen LogP contribution >= 0.6 is 0 Å². The lowest BCUT2D eigenvalue weighted by molar-refractivity contribution is 0.366. The summed E-state index contributed by atoms with van der Waals surface area (Å²) in [5.74, 6) is 1.25. The predicted octanol–water partition coefficient (Wildman–Crippen LogP) is 9.48. The molecule has 0 fully saturated rings. The van der Waals surface area contributed by atoms with Gasteiger partial charge in [0, 0.05) is 5.41 Å².